The van der Waals surface area contributed by atoms with Gasteiger partial charge in [-0.05, 0) is 30.9 Å². The lowest BCUT2D eigenvalue weighted by Gasteiger charge is -2.21. The van der Waals surface area contributed by atoms with E-state index in [0.29, 0.717) is 6.54 Å². The van der Waals surface area contributed by atoms with Gasteiger partial charge in [0.1, 0.15) is 6.33 Å². The molecule has 140 valence electrons. The molecule has 1 fully saturated rings. The Morgan fingerprint density at radius 3 is 2.73 bits per heavy atom. The molecule has 0 bridgehead atoms. The Morgan fingerprint density at radius 2 is 1.96 bits per heavy atom. The molecule has 3 rings (SSSR count). The molecule has 0 saturated heterocycles. The van der Waals surface area contributed by atoms with E-state index in [1.54, 1.807) is 13.4 Å². The van der Waals surface area contributed by atoms with E-state index in [-0.39, 0.29) is 0 Å². The van der Waals surface area contributed by atoms with Crippen LogP contribution in [0.15, 0.2) is 41.7 Å². The van der Waals surface area contributed by atoms with Gasteiger partial charge in [-0.25, -0.2) is 0 Å². The molecule has 6 nitrogen and oxygen atoms in total. The van der Waals surface area contributed by atoms with E-state index >= 15 is 0 Å². The highest BCUT2D eigenvalue weighted by Gasteiger charge is 2.12. The minimum absolute atomic E-state index is 0.581. The zero-order valence-electron chi connectivity index (χ0n) is 15.7. The van der Waals surface area contributed by atoms with Crippen LogP contribution < -0.4 is 10.6 Å². The Morgan fingerprint density at radius 1 is 1.15 bits per heavy atom. The van der Waals surface area contributed by atoms with Crippen molar-refractivity contribution < 1.29 is 0 Å². The average Bonchev–Trinajstić information content (AvgIpc) is 3.17. The standard InChI is InChI=1S/C20H30N6/c1-21-20(22-14-8-11-17-9-4-2-5-10-17)23-15-19-25-24-16-26(19)18-12-6-3-7-13-18/h3,6-7,12-13,16-17H,2,4-5,8-11,14-15H2,1H3,(H2,21,22,23). The van der Waals surface area contributed by atoms with Gasteiger partial charge in [-0.15, -0.1) is 10.2 Å². The maximum atomic E-state index is 4.31. The third-order valence-corrected chi connectivity index (χ3v) is 5.10. The molecule has 1 aliphatic carbocycles. The van der Waals surface area contributed by atoms with Crippen LogP contribution in [0.2, 0.25) is 0 Å². The first kappa shape index (κ1) is 18.4. The summed E-state index contributed by atoms with van der Waals surface area (Å²) < 4.78 is 1.99. The molecule has 1 heterocycles. The third-order valence-electron chi connectivity index (χ3n) is 5.10. The lowest BCUT2D eigenvalue weighted by atomic mass is 9.86. The summed E-state index contributed by atoms with van der Waals surface area (Å²) in [6, 6.07) is 10.1. The summed E-state index contributed by atoms with van der Waals surface area (Å²) in [4.78, 5) is 4.31. The monoisotopic (exact) mass is 354 g/mol. The number of rotatable bonds is 7. The zero-order valence-corrected chi connectivity index (χ0v) is 15.7. The second kappa shape index (κ2) is 9.94. The molecule has 0 unspecified atom stereocenters. The molecule has 0 radical (unpaired) electrons. The maximum absolute atomic E-state index is 4.31. The number of hydrogen-bond acceptors (Lipinski definition) is 3. The number of benzene rings is 1. The van der Waals surface area contributed by atoms with Gasteiger partial charge in [0.15, 0.2) is 11.8 Å². The van der Waals surface area contributed by atoms with Crippen molar-refractivity contribution in [2.75, 3.05) is 13.6 Å². The smallest absolute Gasteiger partial charge is 0.191 e. The molecule has 26 heavy (non-hydrogen) atoms. The van der Waals surface area contributed by atoms with E-state index in [9.17, 15) is 0 Å². The number of aliphatic imine (C=N–C) groups is 1. The van der Waals surface area contributed by atoms with Crippen LogP contribution in [0.25, 0.3) is 5.69 Å². The summed E-state index contributed by atoms with van der Waals surface area (Å²) in [7, 11) is 1.80. The highest BCUT2D eigenvalue weighted by atomic mass is 15.3. The van der Waals surface area contributed by atoms with E-state index in [4.69, 9.17) is 0 Å². The predicted molar refractivity (Wildman–Crippen MR) is 105 cm³/mol. The van der Waals surface area contributed by atoms with Crippen molar-refractivity contribution in [3.63, 3.8) is 0 Å². The van der Waals surface area contributed by atoms with E-state index in [0.717, 1.165) is 29.9 Å². The molecule has 1 aliphatic rings. The fraction of sp³-hybridized carbons (Fsp3) is 0.550. The first-order valence-corrected chi connectivity index (χ1v) is 9.75. The largest absolute Gasteiger partial charge is 0.356 e. The molecule has 0 aliphatic heterocycles. The lowest BCUT2D eigenvalue weighted by molar-refractivity contribution is 0.332. The SMILES string of the molecule is CN=C(NCCCC1CCCCC1)NCc1nncn1-c1ccccc1. The second-order valence-corrected chi connectivity index (χ2v) is 6.95. The topological polar surface area (TPSA) is 67.1 Å². The molecule has 2 N–H and O–H groups in total. The number of para-hydroxylation sites is 1. The number of hydrogen-bond donors (Lipinski definition) is 2. The van der Waals surface area contributed by atoms with Crippen LogP contribution in [-0.4, -0.2) is 34.3 Å². The maximum Gasteiger partial charge on any atom is 0.191 e. The van der Waals surface area contributed by atoms with Gasteiger partial charge >= 0.3 is 0 Å². The Balaban J connectivity index is 1.42. The van der Waals surface area contributed by atoms with Gasteiger partial charge < -0.3 is 10.6 Å². The van der Waals surface area contributed by atoms with Gasteiger partial charge in [0.05, 0.1) is 6.54 Å². The number of aromatic nitrogens is 3. The zero-order chi connectivity index (χ0) is 18.0. The van der Waals surface area contributed by atoms with E-state index in [1.807, 2.05) is 34.9 Å². The molecule has 0 atom stereocenters. The van der Waals surface area contributed by atoms with Gasteiger partial charge in [0, 0.05) is 19.3 Å². The quantitative estimate of drug-likeness (QED) is 0.455. The minimum atomic E-state index is 0.581. The molecule has 0 amide bonds. The van der Waals surface area contributed by atoms with Crippen LogP contribution >= 0.6 is 0 Å². The Bertz CT molecular complexity index is 673. The van der Waals surface area contributed by atoms with Crippen LogP contribution in [0.3, 0.4) is 0 Å². The van der Waals surface area contributed by atoms with Gasteiger partial charge in [-0.2, -0.15) is 0 Å². The summed E-state index contributed by atoms with van der Waals surface area (Å²) in [5.41, 5.74) is 1.06. The van der Waals surface area contributed by atoms with Crippen molar-refractivity contribution in [1.82, 2.24) is 25.4 Å². The van der Waals surface area contributed by atoms with Gasteiger partial charge in [0.2, 0.25) is 0 Å². The Labute approximate surface area is 156 Å². The minimum Gasteiger partial charge on any atom is -0.356 e. The number of nitrogens with zero attached hydrogens (tertiary/aromatic N) is 4. The first-order valence-electron chi connectivity index (χ1n) is 9.75. The highest BCUT2D eigenvalue weighted by molar-refractivity contribution is 5.79. The molecule has 1 aromatic carbocycles. The van der Waals surface area contributed by atoms with Crippen molar-refractivity contribution in [3.8, 4) is 5.69 Å². The number of nitrogens with one attached hydrogen (secondary N) is 2. The molecule has 2 aromatic rings. The van der Waals surface area contributed by atoms with Crippen LogP contribution in [0.5, 0.6) is 0 Å². The van der Waals surface area contributed by atoms with E-state index < -0.39 is 0 Å². The van der Waals surface area contributed by atoms with Crippen LogP contribution in [0, 0.1) is 5.92 Å². The third kappa shape index (κ3) is 5.31. The summed E-state index contributed by atoms with van der Waals surface area (Å²) in [5.74, 6) is 2.61. The van der Waals surface area contributed by atoms with Crippen molar-refractivity contribution in [1.29, 1.82) is 0 Å². The summed E-state index contributed by atoms with van der Waals surface area (Å²) >= 11 is 0. The van der Waals surface area contributed by atoms with Crippen molar-refractivity contribution in [2.24, 2.45) is 10.9 Å². The fourth-order valence-corrected chi connectivity index (χ4v) is 3.64. The fourth-order valence-electron chi connectivity index (χ4n) is 3.64. The van der Waals surface area contributed by atoms with Crippen LogP contribution in [0.1, 0.15) is 50.8 Å². The molecule has 6 heteroatoms. The lowest BCUT2D eigenvalue weighted by Crippen LogP contribution is -2.38. The normalized spacial score (nSPS) is 15.8. The second-order valence-electron chi connectivity index (χ2n) is 6.95. The molecule has 0 spiro atoms. The first-order chi connectivity index (χ1) is 12.9. The van der Waals surface area contributed by atoms with E-state index in [1.165, 1.54) is 44.9 Å². The summed E-state index contributed by atoms with van der Waals surface area (Å²) in [6.07, 6.45) is 11.4. The summed E-state index contributed by atoms with van der Waals surface area (Å²) in [6.45, 7) is 1.54. The molecule has 1 aromatic heterocycles. The average molecular weight is 355 g/mol. The Hall–Kier alpha value is -2.37. The highest BCUT2D eigenvalue weighted by Crippen LogP contribution is 2.26. The summed E-state index contributed by atoms with van der Waals surface area (Å²) in [5, 5.41) is 15.0. The van der Waals surface area contributed by atoms with Gasteiger partial charge in [-0.1, -0.05) is 50.3 Å². The molecular weight excluding hydrogens is 324 g/mol. The van der Waals surface area contributed by atoms with Crippen molar-refractivity contribution in [3.05, 3.63) is 42.5 Å². The number of guanidine groups is 1. The van der Waals surface area contributed by atoms with Crippen LogP contribution in [-0.2, 0) is 6.54 Å². The van der Waals surface area contributed by atoms with Gasteiger partial charge in [0.25, 0.3) is 0 Å². The molecular formula is C20H30N6. The van der Waals surface area contributed by atoms with Crippen molar-refractivity contribution >= 4 is 5.96 Å². The van der Waals surface area contributed by atoms with Crippen molar-refractivity contribution in [2.45, 2.75) is 51.5 Å². The van der Waals surface area contributed by atoms with Gasteiger partial charge in [-0.3, -0.25) is 9.56 Å². The van der Waals surface area contributed by atoms with Crippen LogP contribution in [0.4, 0.5) is 0 Å². The predicted octanol–water partition coefficient (Wildman–Crippen LogP) is 3.29. The molecule has 1 saturated carbocycles. The van der Waals surface area contributed by atoms with E-state index in [2.05, 4.69) is 25.8 Å². The Kier molecular flexibility index (Phi) is 7.05.